The molecule has 0 atom stereocenters. The van der Waals surface area contributed by atoms with Crippen LogP contribution in [0.3, 0.4) is 0 Å². The largest absolute Gasteiger partial charge is 0.351 e. The molecule has 1 aliphatic heterocycles. The third-order valence-corrected chi connectivity index (χ3v) is 5.54. The molecule has 1 aromatic heterocycles. The Hall–Kier alpha value is -2.58. The first kappa shape index (κ1) is 21.1. The number of benzene rings is 1. The fourth-order valence-electron chi connectivity index (χ4n) is 3.16. The van der Waals surface area contributed by atoms with E-state index in [1.807, 2.05) is 38.9 Å². The Kier molecular flexibility index (Phi) is 6.76. The SMILES string of the molecule is Cc1cc(C)c2c(n1)SCCN2C(=O)Nc1ccc(C(=O)NCCN(C)C)cc1. The minimum atomic E-state index is -0.191. The Balaban J connectivity index is 1.66. The highest BCUT2D eigenvalue weighted by Gasteiger charge is 2.26. The number of hydrogen-bond acceptors (Lipinski definition) is 5. The van der Waals surface area contributed by atoms with Crippen LogP contribution in [-0.4, -0.2) is 61.3 Å². The van der Waals surface area contributed by atoms with E-state index in [0.717, 1.165) is 34.3 Å². The molecule has 7 nitrogen and oxygen atoms in total. The van der Waals surface area contributed by atoms with E-state index in [-0.39, 0.29) is 11.9 Å². The zero-order valence-corrected chi connectivity index (χ0v) is 18.1. The number of likely N-dealkylation sites (N-methyl/N-ethyl adjacent to an activating group) is 1. The van der Waals surface area contributed by atoms with E-state index >= 15 is 0 Å². The van der Waals surface area contributed by atoms with E-state index in [2.05, 4.69) is 15.6 Å². The number of fused-ring (bicyclic) bond motifs is 1. The molecule has 154 valence electrons. The fraction of sp³-hybridized carbons (Fsp3) is 0.381. The van der Waals surface area contributed by atoms with E-state index in [1.165, 1.54) is 0 Å². The Bertz CT molecular complexity index is 899. The van der Waals surface area contributed by atoms with Crippen molar-refractivity contribution in [2.45, 2.75) is 18.9 Å². The number of aryl methyl sites for hydroxylation is 2. The molecule has 0 radical (unpaired) electrons. The number of anilines is 2. The van der Waals surface area contributed by atoms with Gasteiger partial charge in [0.05, 0.1) is 5.69 Å². The number of nitrogens with zero attached hydrogens (tertiary/aromatic N) is 3. The summed E-state index contributed by atoms with van der Waals surface area (Å²) < 4.78 is 0. The topological polar surface area (TPSA) is 77.6 Å². The monoisotopic (exact) mass is 413 g/mol. The number of rotatable bonds is 5. The molecule has 0 saturated carbocycles. The summed E-state index contributed by atoms with van der Waals surface area (Å²) in [4.78, 5) is 33.4. The molecule has 2 aromatic rings. The summed E-state index contributed by atoms with van der Waals surface area (Å²) in [5, 5.41) is 6.71. The first-order valence-corrected chi connectivity index (χ1v) is 10.6. The van der Waals surface area contributed by atoms with Crippen LogP contribution < -0.4 is 15.5 Å². The Labute approximate surface area is 175 Å². The number of amides is 3. The summed E-state index contributed by atoms with van der Waals surface area (Å²) >= 11 is 1.68. The first-order valence-electron chi connectivity index (χ1n) is 9.57. The van der Waals surface area contributed by atoms with Gasteiger partial charge in [-0.3, -0.25) is 9.69 Å². The molecule has 0 spiro atoms. The minimum absolute atomic E-state index is 0.122. The third-order valence-electron chi connectivity index (χ3n) is 4.59. The number of carbonyl (C=O) groups is 2. The first-order chi connectivity index (χ1) is 13.8. The lowest BCUT2D eigenvalue weighted by molar-refractivity contribution is 0.0951. The number of urea groups is 1. The van der Waals surface area contributed by atoms with Crippen molar-refractivity contribution in [1.82, 2.24) is 15.2 Å². The summed E-state index contributed by atoms with van der Waals surface area (Å²) in [5.41, 5.74) is 4.09. The lowest BCUT2D eigenvalue weighted by Gasteiger charge is -2.30. The van der Waals surface area contributed by atoms with Crippen molar-refractivity contribution in [3.63, 3.8) is 0 Å². The van der Waals surface area contributed by atoms with Crippen molar-refractivity contribution in [3.8, 4) is 0 Å². The van der Waals surface area contributed by atoms with E-state index < -0.39 is 0 Å². The third kappa shape index (κ3) is 5.27. The number of nitrogens with one attached hydrogen (secondary N) is 2. The molecule has 0 fully saturated rings. The van der Waals surface area contributed by atoms with Gasteiger partial charge >= 0.3 is 6.03 Å². The molecule has 0 bridgehead atoms. The van der Waals surface area contributed by atoms with Crippen LogP contribution in [0.1, 0.15) is 21.6 Å². The second-order valence-corrected chi connectivity index (χ2v) is 8.38. The Morgan fingerprint density at radius 3 is 2.62 bits per heavy atom. The Morgan fingerprint density at radius 2 is 1.93 bits per heavy atom. The van der Waals surface area contributed by atoms with Crippen molar-refractivity contribution < 1.29 is 9.59 Å². The molecule has 0 unspecified atom stereocenters. The van der Waals surface area contributed by atoms with Gasteiger partial charge in [-0.05, 0) is 63.8 Å². The Morgan fingerprint density at radius 1 is 1.21 bits per heavy atom. The van der Waals surface area contributed by atoms with Crippen molar-refractivity contribution in [2.75, 3.05) is 49.7 Å². The summed E-state index contributed by atoms with van der Waals surface area (Å²) in [7, 11) is 3.92. The highest BCUT2D eigenvalue weighted by atomic mass is 32.2. The van der Waals surface area contributed by atoms with Crippen LogP contribution >= 0.6 is 11.8 Å². The smallest absolute Gasteiger partial charge is 0.326 e. The van der Waals surface area contributed by atoms with E-state index in [0.29, 0.717) is 24.3 Å². The molecule has 0 saturated heterocycles. The van der Waals surface area contributed by atoms with Crippen LogP contribution in [0.25, 0.3) is 0 Å². The maximum absolute atomic E-state index is 12.9. The summed E-state index contributed by atoms with van der Waals surface area (Å²) in [6.45, 7) is 5.96. The number of thioether (sulfide) groups is 1. The van der Waals surface area contributed by atoms with Gasteiger partial charge < -0.3 is 15.5 Å². The number of carbonyl (C=O) groups excluding carboxylic acids is 2. The van der Waals surface area contributed by atoms with Crippen LogP contribution in [0.2, 0.25) is 0 Å². The molecule has 2 N–H and O–H groups in total. The number of pyridine rings is 1. The second kappa shape index (κ2) is 9.28. The molecule has 3 rings (SSSR count). The normalized spacial score (nSPS) is 13.2. The van der Waals surface area contributed by atoms with Gasteiger partial charge in [-0.25, -0.2) is 9.78 Å². The van der Waals surface area contributed by atoms with E-state index in [1.54, 1.807) is 40.9 Å². The average Bonchev–Trinajstić information content (AvgIpc) is 2.67. The predicted molar refractivity (Wildman–Crippen MR) is 118 cm³/mol. The summed E-state index contributed by atoms with van der Waals surface area (Å²) in [6, 6.07) is 8.74. The molecule has 2 heterocycles. The van der Waals surface area contributed by atoms with Gasteiger partial charge in [0, 0.05) is 42.3 Å². The van der Waals surface area contributed by atoms with Crippen LogP contribution in [0.4, 0.5) is 16.2 Å². The predicted octanol–water partition coefficient (Wildman–Crippen LogP) is 3.13. The average molecular weight is 414 g/mol. The van der Waals surface area contributed by atoms with Gasteiger partial charge in [0.1, 0.15) is 5.03 Å². The molecule has 1 aromatic carbocycles. The van der Waals surface area contributed by atoms with Gasteiger partial charge in [0.15, 0.2) is 0 Å². The van der Waals surface area contributed by atoms with Crippen LogP contribution in [0.15, 0.2) is 35.4 Å². The molecule has 8 heteroatoms. The number of aromatic nitrogens is 1. The van der Waals surface area contributed by atoms with Crippen LogP contribution in [-0.2, 0) is 0 Å². The lowest BCUT2D eigenvalue weighted by Crippen LogP contribution is -2.39. The van der Waals surface area contributed by atoms with Crippen LogP contribution in [0, 0.1) is 13.8 Å². The minimum Gasteiger partial charge on any atom is -0.351 e. The zero-order valence-electron chi connectivity index (χ0n) is 17.3. The fourth-order valence-corrected chi connectivity index (χ4v) is 4.25. The van der Waals surface area contributed by atoms with Gasteiger partial charge in [0.25, 0.3) is 5.91 Å². The second-order valence-electron chi connectivity index (χ2n) is 7.30. The highest BCUT2D eigenvalue weighted by molar-refractivity contribution is 7.99. The van der Waals surface area contributed by atoms with Crippen molar-refractivity contribution in [3.05, 3.63) is 47.2 Å². The van der Waals surface area contributed by atoms with Gasteiger partial charge in [0.2, 0.25) is 0 Å². The molecule has 29 heavy (non-hydrogen) atoms. The van der Waals surface area contributed by atoms with E-state index in [4.69, 9.17) is 0 Å². The van der Waals surface area contributed by atoms with Gasteiger partial charge in [-0.15, -0.1) is 11.8 Å². The molecular formula is C21H27N5O2S. The molecule has 0 aliphatic carbocycles. The summed E-state index contributed by atoms with van der Waals surface area (Å²) in [6.07, 6.45) is 0. The van der Waals surface area contributed by atoms with E-state index in [9.17, 15) is 9.59 Å². The maximum atomic E-state index is 12.9. The van der Waals surface area contributed by atoms with Gasteiger partial charge in [-0.1, -0.05) is 0 Å². The summed E-state index contributed by atoms with van der Waals surface area (Å²) in [5.74, 6) is 0.686. The lowest BCUT2D eigenvalue weighted by atomic mass is 10.2. The zero-order chi connectivity index (χ0) is 21.0. The number of hydrogen-bond donors (Lipinski definition) is 2. The van der Waals surface area contributed by atoms with Crippen molar-refractivity contribution in [1.29, 1.82) is 0 Å². The molecule has 1 aliphatic rings. The van der Waals surface area contributed by atoms with Crippen molar-refractivity contribution >= 4 is 35.1 Å². The highest BCUT2D eigenvalue weighted by Crippen LogP contribution is 2.36. The maximum Gasteiger partial charge on any atom is 0.326 e. The molecular weight excluding hydrogens is 386 g/mol. The quantitative estimate of drug-likeness (QED) is 0.788. The van der Waals surface area contributed by atoms with Crippen molar-refractivity contribution in [2.24, 2.45) is 0 Å². The van der Waals surface area contributed by atoms with Gasteiger partial charge in [-0.2, -0.15) is 0 Å². The molecule has 3 amide bonds. The standard InChI is InChI=1S/C21H27N5O2S/c1-14-13-15(2)23-20-18(14)26(11-12-29-20)21(28)24-17-7-5-16(6-8-17)19(27)22-9-10-25(3)4/h5-8,13H,9-12H2,1-4H3,(H,22,27)(H,24,28). The van der Waals surface area contributed by atoms with Crippen LogP contribution in [0.5, 0.6) is 0 Å².